The molecule has 2 rings (SSSR count). The van der Waals surface area contributed by atoms with Gasteiger partial charge in [-0.2, -0.15) is 0 Å². The number of carbonyl (C=O) groups excluding carboxylic acids is 3. The maximum atomic E-state index is 13.9. The lowest BCUT2D eigenvalue weighted by Crippen LogP contribution is -2.51. The van der Waals surface area contributed by atoms with Gasteiger partial charge in [0.25, 0.3) is 11.8 Å². The molecule has 3 amide bonds. The fraction of sp³-hybridized carbons (Fsp3) is 0.452. The number of benzene rings is 2. The normalized spacial score (nSPS) is 12.8. The van der Waals surface area contributed by atoms with E-state index >= 15 is 0 Å². The zero-order valence-corrected chi connectivity index (χ0v) is 24.1. The van der Waals surface area contributed by atoms with Gasteiger partial charge in [-0.05, 0) is 88.6 Å². The summed E-state index contributed by atoms with van der Waals surface area (Å²) in [6.07, 6.45) is 5.49. The summed E-state index contributed by atoms with van der Waals surface area (Å²) in [4.78, 5) is 41.4. The number of aryl methyl sites for hydroxylation is 4. The van der Waals surface area contributed by atoms with E-state index in [0.717, 1.165) is 27.2 Å². The SMILES string of the molecule is C#CN(C(=O)C(CC(C)C)NC(=O)OC(C)(C)C)C(C(=O)Nc1c(C)cccc1C)c1ccc(C)c(C)c1. The number of hydrogen-bond acceptors (Lipinski definition) is 4. The number of ether oxygens (including phenoxy) is 1. The summed E-state index contributed by atoms with van der Waals surface area (Å²) in [7, 11) is 0. The van der Waals surface area contributed by atoms with Crippen LogP contribution < -0.4 is 10.6 Å². The van der Waals surface area contributed by atoms with Crippen LogP contribution in [-0.4, -0.2) is 34.5 Å². The van der Waals surface area contributed by atoms with Gasteiger partial charge in [0.15, 0.2) is 0 Å². The highest BCUT2D eigenvalue weighted by Crippen LogP contribution is 2.28. The van der Waals surface area contributed by atoms with Crippen LogP contribution in [0.4, 0.5) is 10.5 Å². The molecule has 0 aliphatic heterocycles. The Morgan fingerprint density at radius 1 is 0.974 bits per heavy atom. The van der Waals surface area contributed by atoms with E-state index in [1.165, 1.54) is 0 Å². The maximum absolute atomic E-state index is 13.9. The highest BCUT2D eigenvalue weighted by molar-refractivity contribution is 6.00. The topological polar surface area (TPSA) is 87.7 Å². The minimum Gasteiger partial charge on any atom is -0.444 e. The number of hydrogen-bond donors (Lipinski definition) is 2. The van der Waals surface area contributed by atoms with Gasteiger partial charge in [-0.3, -0.25) is 14.5 Å². The number of alkyl carbamates (subject to hydrolysis) is 1. The van der Waals surface area contributed by atoms with Gasteiger partial charge in [-0.25, -0.2) is 4.79 Å². The number of nitrogens with one attached hydrogen (secondary N) is 2. The second-order valence-electron chi connectivity index (χ2n) is 11.2. The lowest BCUT2D eigenvalue weighted by Gasteiger charge is -2.31. The van der Waals surface area contributed by atoms with Crippen molar-refractivity contribution < 1.29 is 19.1 Å². The maximum Gasteiger partial charge on any atom is 0.408 e. The first kappa shape index (κ1) is 30.4. The van der Waals surface area contributed by atoms with E-state index in [4.69, 9.17) is 11.2 Å². The summed E-state index contributed by atoms with van der Waals surface area (Å²) >= 11 is 0. The number of amides is 3. The Bertz CT molecular complexity index is 1200. The van der Waals surface area contributed by atoms with Crippen molar-refractivity contribution in [3.63, 3.8) is 0 Å². The number of rotatable bonds is 8. The van der Waals surface area contributed by atoms with Gasteiger partial charge in [-0.1, -0.05) is 56.7 Å². The Morgan fingerprint density at radius 3 is 2.08 bits per heavy atom. The number of nitrogens with zero attached hydrogens (tertiary/aromatic N) is 1. The van der Waals surface area contributed by atoms with Crippen molar-refractivity contribution in [2.75, 3.05) is 5.32 Å². The Morgan fingerprint density at radius 2 is 1.58 bits per heavy atom. The molecule has 0 fully saturated rings. The molecule has 38 heavy (non-hydrogen) atoms. The van der Waals surface area contributed by atoms with E-state index in [1.807, 2.05) is 71.9 Å². The lowest BCUT2D eigenvalue weighted by molar-refractivity contribution is -0.137. The number of carbonyl (C=O) groups is 3. The molecule has 0 saturated carbocycles. The van der Waals surface area contributed by atoms with Gasteiger partial charge in [-0.15, -0.1) is 0 Å². The monoisotopic (exact) mass is 519 g/mol. The largest absolute Gasteiger partial charge is 0.444 e. The zero-order chi connectivity index (χ0) is 28.8. The van der Waals surface area contributed by atoms with Gasteiger partial charge < -0.3 is 15.4 Å². The van der Waals surface area contributed by atoms with Crippen LogP contribution in [-0.2, 0) is 14.3 Å². The third kappa shape index (κ3) is 8.11. The highest BCUT2D eigenvalue weighted by atomic mass is 16.6. The van der Waals surface area contributed by atoms with Crippen LogP contribution in [0.3, 0.4) is 0 Å². The molecule has 0 heterocycles. The van der Waals surface area contributed by atoms with Gasteiger partial charge in [0.1, 0.15) is 17.7 Å². The first-order valence-electron chi connectivity index (χ1n) is 12.9. The standard InChI is InChI=1S/C31H41N3O4/c1-11-34(29(36)25(17-19(2)3)32-30(37)38-31(8,9)10)27(24-16-15-20(4)23(7)18-24)28(35)33-26-21(5)13-12-14-22(26)6/h1,12-16,18-19,25,27H,17H2,2-10H3,(H,32,37)(H,33,35). The lowest BCUT2D eigenvalue weighted by atomic mass is 9.97. The van der Waals surface area contributed by atoms with Crippen LogP contribution in [0.25, 0.3) is 0 Å². The van der Waals surface area contributed by atoms with E-state index < -0.39 is 35.6 Å². The van der Waals surface area contributed by atoms with E-state index in [2.05, 4.69) is 16.7 Å². The molecular weight excluding hydrogens is 478 g/mol. The zero-order valence-electron chi connectivity index (χ0n) is 24.1. The van der Waals surface area contributed by atoms with Crippen molar-refractivity contribution in [1.82, 2.24) is 10.2 Å². The average molecular weight is 520 g/mol. The predicted molar refractivity (Wildman–Crippen MR) is 151 cm³/mol. The van der Waals surface area contributed by atoms with Crippen molar-refractivity contribution in [1.29, 1.82) is 0 Å². The molecule has 0 bridgehead atoms. The fourth-order valence-corrected chi connectivity index (χ4v) is 4.13. The summed E-state index contributed by atoms with van der Waals surface area (Å²) in [6, 6.07) is 11.6. The second-order valence-corrected chi connectivity index (χ2v) is 11.2. The summed E-state index contributed by atoms with van der Waals surface area (Å²) in [6.45, 7) is 16.8. The smallest absolute Gasteiger partial charge is 0.408 e. The van der Waals surface area contributed by atoms with E-state index in [-0.39, 0.29) is 5.92 Å². The molecule has 2 unspecified atom stereocenters. The molecule has 204 valence electrons. The van der Waals surface area contributed by atoms with Crippen LogP contribution >= 0.6 is 0 Å². The molecular formula is C31H41N3O4. The van der Waals surface area contributed by atoms with Crippen molar-refractivity contribution in [2.24, 2.45) is 5.92 Å². The highest BCUT2D eigenvalue weighted by Gasteiger charge is 2.36. The molecule has 2 atom stereocenters. The van der Waals surface area contributed by atoms with Gasteiger partial charge in [0, 0.05) is 11.7 Å². The van der Waals surface area contributed by atoms with Crippen LogP contribution in [0.1, 0.15) is 74.9 Å². The molecule has 0 spiro atoms. The predicted octanol–water partition coefficient (Wildman–Crippen LogP) is 5.96. The minimum absolute atomic E-state index is 0.0574. The van der Waals surface area contributed by atoms with Crippen LogP contribution in [0.5, 0.6) is 0 Å². The molecule has 7 heteroatoms. The molecule has 2 aromatic rings. The van der Waals surface area contributed by atoms with Crippen LogP contribution in [0.2, 0.25) is 0 Å². The molecule has 7 nitrogen and oxygen atoms in total. The van der Waals surface area contributed by atoms with Crippen molar-refractivity contribution in [3.05, 3.63) is 64.2 Å². The summed E-state index contributed by atoms with van der Waals surface area (Å²) in [5.41, 5.74) is 4.28. The summed E-state index contributed by atoms with van der Waals surface area (Å²) in [5, 5.41) is 5.67. The molecule has 2 aromatic carbocycles. The fourth-order valence-electron chi connectivity index (χ4n) is 4.13. The third-order valence-corrected chi connectivity index (χ3v) is 6.16. The third-order valence-electron chi connectivity index (χ3n) is 6.16. The number of terminal acetylenes is 1. The Kier molecular flexibility index (Phi) is 10.1. The molecule has 0 saturated heterocycles. The van der Waals surface area contributed by atoms with E-state index in [1.54, 1.807) is 26.8 Å². The molecule has 0 aliphatic rings. The first-order valence-corrected chi connectivity index (χ1v) is 12.9. The number of para-hydroxylation sites is 1. The number of anilines is 1. The van der Waals surface area contributed by atoms with Crippen LogP contribution in [0, 0.1) is 46.1 Å². The van der Waals surface area contributed by atoms with E-state index in [9.17, 15) is 14.4 Å². The minimum atomic E-state index is -1.12. The quantitative estimate of drug-likeness (QED) is 0.333. The molecule has 0 aromatic heterocycles. The van der Waals surface area contributed by atoms with Crippen molar-refractivity contribution in [3.8, 4) is 12.5 Å². The Balaban J connectivity index is 2.54. The van der Waals surface area contributed by atoms with Crippen LogP contribution in [0.15, 0.2) is 36.4 Å². The molecule has 0 aliphatic carbocycles. The van der Waals surface area contributed by atoms with E-state index in [0.29, 0.717) is 17.7 Å². The first-order chi connectivity index (χ1) is 17.6. The molecule has 2 N–H and O–H groups in total. The Hall–Kier alpha value is -3.79. The van der Waals surface area contributed by atoms with Crippen molar-refractivity contribution in [2.45, 2.75) is 86.4 Å². The Labute approximate surface area is 227 Å². The van der Waals surface area contributed by atoms with Gasteiger partial charge >= 0.3 is 6.09 Å². The molecule has 0 radical (unpaired) electrons. The van der Waals surface area contributed by atoms with Gasteiger partial charge in [0.2, 0.25) is 0 Å². The van der Waals surface area contributed by atoms with Gasteiger partial charge in [0.05, 0.1) is 0 Å². The second kappa shape index (κ2) is 12.6. The average Bonchev–Trinajstić information content (AvgIpc) is 2.79. The van der Waals surface area contributed by atoms with Crippen molar-refractivity contribution >= 4 is 23.6 Å². The summed E-state index contributed by atoms with van der Waals surface area (Å²) in [5.74, 6) is -0.952. The summed E-state index contributed by atoms with van der Waals surface area (Å²) < 4.78 is 5.39.